The van der Waals surface area contributed by atoms with Crippen molar-refractivity contribution in [1.82, 2.24) is 13.2 Å². The van der Waals surface area contributed by atoms with Crippen molar-refractivity contribution < 1.29 is 0 Å². The highest BCUT2D eigenvalue weighted by Crippen LogP contribution is 2.29. The first kappa shape index (κ1) is 15.0. The SMILES string of the molecule is CN1B(c2ccccc2)N(C)[Si](C)(C)N(C)[Si]1(C)C. The minimum atomic E-state index is -1.53. The summed E-state index contributed by atoms with van der Waals surface area (Å²) >= 11 is 0. The van der Waals surface area contributed by atoms with Gasteiger partial charge in [0.05, 0.1) is 0 Å². The van der Waals surface area contributed by atoms with Gasteiger partial charge in [0.2, 0.25) is 0 Å². The number of benzene rings is 1. The number of rotatable bonds is 1. The van der Waals surface area contributed by atoms with E-state index in [4.69, 9.17) is 0 Å². The lowest BCUT2D eigenvalue weighted by Gasteiger charge is -2.60. The summed E-state index contributed by atoms with van der Waals surface area (Å²) < 4.78 is 7.93. The van der Waals surface area contributed by atoms with Gasteiger partial charge >= 0.3 is 6.98 Å². The van der Waals surface area contributed by atoms with Crippen LogP contribution in [0.4, 0.5) is 0 Å². The van der Waals surface area contributed by atoms with Crippen molar-refractivity contribution in [3.63, 3.8) is 0 Å². The molecule has 1 aromatic carbocycles. The highest BCUT2D eigenvalue weighted by atomic mass is 28.4. The summed E-state index contributed by atoms with van der Waals surface area (Å²) in [6.45, 7) is 10.3. The van der Waals surface area contributed by atoms with Crippen molar-refractivity contribution in [2.45, 2.75) is 26.2 Å². The molecule has 3 nitrogen and oxygen atoms in total. The van der Waals surface area contributed by atoms with Gasteiger partial charge in [0.1, 0.15) is 0 Å². The van der Waals surface area contributed by atoms with Gasteiger partial charge in [0.15, 0.2) is 16.8 Å². The lowest BCUT2D eigenvalue weighted by molar-refractivity contribution is 0.508. The zero-order valence-corrected chi connectivity index (χ0v) is 15.3. The second-order valence-electron chi connectivity index (χ2n) is 6.55. The largest absolute Gasteiger partial charge is 0.338 e. The molecule has 0 radical (unpaired) electrons. The van der Waals surface area contributed by atoms with Gasteiger partial charge in [-0.3, -0.25) is 0 Å². The molecule has 1 aromatic rings. The molecule has 0 spiro atoms. The van der Waals surface area contributed by atoms with Crippen LogP contribution in [0.2, 0.25) is 26.2 Å². The molecule has 1 saturated heterocycles. The molecule has 0 atom stereocenters. The predicted octanol–water partition coefficient (Wildman–Crippen LogP) is 1.59. The van der Waals surface area contributed by atoms with Crippen LogP contribution in [0.3, 0.4) is 0 Å². The van der Waals surface area contributed by atoms with Crippen LogP contribution < -0.4 is 5.46 Å². The van der Waals surface area contributed by atoms with E-state index in [1.165, 1.54) is 5.46 Å². The number of hydrogen-bond donors (Lipinski definition) is 0. The van der Waals surface area contributed by atoms with E-state index in [1.54, 1.807) is 0 Å². The maximum absolute atomic E-state index is 2.71. The second kappa shape index (κ2) is 4.86. The lowest BCUT2D eigenvalue weighted by Crippen LogP contribution is -2.85. The zero-order chi connectivity index (χ0) is 14.4. The third kappa shape index (κ3) is 2.25. The third-order valence-corrected chi connectivity index (χ3v) is 15.7. The molecule has 0 N–H and O–H groups in total. The Morgan fingerprint density at radius 2 is 1.21 bits per heavy atom. The first-order chi connectivity index (χ1) is 8.70. The van der Waals surface area contributed by atoms with Crippen molar-refractivity contribution in [3.8, 4) is 0 Å². The molecule has 6 heteroatoms. The zero-order valence-electron chi connectivity index (χ0n) is 13.3. The van der Waals surface area contributed by atoms with Gasteiger partial charge in [-0.1, -0.05) is 30.3 Å². The second-order valence-corrected chi connectivity index (χ2v) is 15.7. The Kier molecular flexibility index (Phi) is 3.83. The van der Waals surface area contributed by atoms with Crippen LogP contribution in [0.25, 0.3) is 0 Å². The molecule has 0 aromatic heterocycles. The van der Waals surface area contributed by atoms with Crippen LogP contribution in [0.5, 0.6) is 0 Å². The molecular weight excluding hydrogens is 265 g/mol. The van der Waals surface area contributed by atoms with Crippen molar-refractivity contribution in [3.05, 3.63) is 30.3 Å². The van der Waals surface area contributed by atoms with Gasteiger partial charge in [0.25, 0.3) is 0 Å². The van der Waals surface area contributed by atoms with E-state index in [1.807, 2.05) is 0 Å². The number of hydrogen-bond acceptors (Lipinski definition) is 3. The normalized spacial score (nSPS) is 24.7. The Bertz CT molecular complexity index is 430. The summed E-state index contributed by atoms with van der Waals surface area (Å²) in [5.74, 6) is 0. The van der Waals surface area contributed by atoms with Gasteiger partial charge in [0, 0.05) is 0 Å². The molecule has 0 bridgehead atoms. The predicted molar refractivity (Wildman–Crippen MR) is 90.1 cm³/mol. The lowest BCUT2D eigenvalue weighted by atomic mass is 9.68. The molecule has 0 amide bonds. The van der Waals surface area contributed by atoms with E-state index in [0.717, 1.165) is 0 Å². The van der Waals surface area contributed by atoms with Crippen molar-refractivity contribution >= 4 is 29.2 Å². The molecule has 1 aliphatic heterocycles. The van der Waals surface area contributed by atoms with Crippen LogP contribution >= 0.6 is 0 Å². The van der Waals surface area contributed by atoms with E-state index >= 15 is 0 Å². The Balaban J connectivity index is 2.49. The fraction of sp³-hybridized carbons (Fsp3) is 0.538. The standard InChI is InChI=1S/C13H26BN3Si2/c1-15-14(13-11-9-8-10-12-13)16(2)19(6,7)17(3)18(15,4)5/h8-12H,1-7H3. The summed E-state index contributed by atoms with van der Waals surface area (Å²) in [7, 11) is 3.84. The molecule has 1 heterocycles. The molecular formula is C13H26BN3Si2. The summed E-state index contributed by atoms with van der Waals surface area (Å²) in [6.07, 6.45) is 0. The topological polar surface area (TPSA) is 9.72 Å². The van der Waals surface area contributed by atoms with E-state index in [2.05, 4.69) is 90.8 Å². The molecule has 0 unspecified atom stereocenters. The summed E-state index contributed by atoms with van der Waals surface area (Å²) in [4.78, 5) is 0. The van der Waals surface area contributed by atoms with E-state index in [0.29, 0.717) is 6.98 Å². The number of nitrogens with zero attached hydrogens (tertiary/aromatic N) is 3. The monoisotopic (exact) mass is 291 g/mol. The van der Waals surface area contributed by atoms with Crippen molar-refractivity contribution in [2.24, 2.45) is 0 Å². The van der Waals surface area contributed by atoms with Crippen molar-refractivity contribution in [2.75, 3.05) is 21.1 Å². The third-order valence-electron chi connectivity index (χ3n) is 5.20. The van der Waals surface area contributed by atoms with Gasteiger partial charge in [-0.2, -0.15) is 0 Å². The first-order valence-electron chi connectivity index (χ1n) is 6.95. The first-order valence-corrected chi connectivity index (χ1v) is 12.7. The van der Waals surface area contributed by atoms with Crippen LogP contribution in [-0.4, -0.2) is 58.1 Å². The van der Waals surface area contributed by atoms with Crippen LogP contribution in [0.1, 0.15) is 0 Å². The Morgan fingerprint density at radius 1 is 0.789 bits per heavy atom. The minimum Gasteiger partial charge on any atom is -0.338 e. The molecule has 1 aliphatic rings. The summed E-state index contributed by atoms with van der Waals surface area (Å²) in [6, 6.07) is 10.9. The summed E-state index contributed by atoms with van der Waals surface area (Å²) in [5.41, 5.74) is 1.42. The highest BCUT2D eigenvalue weighted by molar-refractivity contribution is 7.01. The van der Waals surface area contributed by atoms with E-state index in [9.17, 15) is 0 Å². The smallest absolute Gasteiger partial charge is 0.333 e. The van der Waals surface area contributed by atoms with Crippen LogP contribution in [-0.2, 0) is 0 Å². The molecule has 0 aliphatic carbocycles. The maximum Gasteiger partial charge on any atom is 0.333 e. The molecule has 1 fully saturated rings. The fourth-order valence-corrected chi connectivity index (χ4v) is 12.3. The average Bonchev–Trinajstić information content (AvgIpc) is 2.37. The van der Waals surface area contributed by atoms with E-state index < -0.39 is 16.8 Å². The maximum atomic E-state index is 2.71. The molecule has 104 valence electrons. The Morgan fingerprint density at radius 3 is 1.63 bits per heavy atom. The fourth-order valence-electron chi connectivity index (χ4n) is 3.07. The summed E-state index contributed by atoms with van der Waals surface area (Å²) in [5, 5.41) is 0. The molecule has 19 heavy (non-hydrogen) atoms. The van der Waals surface area contributed by atoms with Gasteiger partial charge < -0.3 is 13.2 Å². The molecule has 0 saturated carbocycles. The quantitative estimate of drug-likeness (QED) is 0.728. The Labute approximate surface area is 120 Å². The molecule has 2 rings (SSSR count). The highest BCUT2D eigenvalue weighted by Gasteiger charge is 2.54. The average molecular weight is 291 g/mol. The van der Waals surface area contributed by atoms with E-state index in [-0.39, 0.29) is 0 Å². The van der Waals surface area contributed by atoms with Gasteiger partial charge in [-0.25, -0.2) is 0 Å². The van der Waals surface area contributed by atoms with Crippen LogP contribution in [0.15, 0.2) is 30.3 Å². The Hall–Kier alpha value is -0.401. The van der Waals surface area contributed by atoms with Gasteiger partial charge in [-0.05, 0) is 52.8 Å². The minimum absolute atomic E-state index is 0.417. The van der Waals surface area contributed by atoms with Crippen LogP contribution in [0, 0.1) is 0 Å². The van der Waals surface area contributed by atoms with Crippen molar-refractivity contribution in [1.29, 1.82) is 0 Å². The van der Waals surface area contributed by atoms with Gasteiger partial charge in [-0.15, -0.1) is 0 Å².